The minimum Gasteiger partial charge on any atom is -0.392 e. The first-order chi connectivity index (χ1) is 14.4. The standard InChI is InChI=1S/C21H26FN3O5S/c1-12-7-15(8-13(2)23-12)17-6-5-14(9-18(17)22)19-10-16(30-25-19)11-21(3,20(26)24-27)31(4,28)29/h5-9,16,20,24,26-27H,10-11H2,1-4H3/t16-,20?,21?/m1/s1. The molecule has 2 unspecified atom stereocenters. The second kappa shape index (κ2) is 8.62. The van der Waals surface area contributed by atoms with Gasteiger partial charge in [-0.05, 0) is 44.5 Å². The van der Waals surface area contributed by atoms with Gasteiger partial charge < -0.3 is 15.2 Å². The van der Waals surface area contributed by atoms with Crippen LogP contribution in [0.25, 0.3) is 11.1 Å². The van der Waals surface area contributed by atoms with Gasteiger partial charge >= 0.3 is 0 Å². The van der Waals surface area contributed by atoms with Crippen LogP contribution in [0, 0.1) is 19.7 Å². The van der Waals surface area contributed by atoms with E-state index in [2.05, 4.69) is 10.1 Å². The molecule has 8 nitrogen and oxygen atoms in total. The second-order valence-electron chi connectivity index (χ2n) is 8.12. The zero-order valence-corrected chi connectivity index (χ0v) is 18.6. The zero-order valence-electron chi connectivity index (χ0n) is 17.8. The molecule has 3 atom stereocenters. The average Bonchev–Trinajstić information content (AvgIpc) is 3.13. The second-order valence-corrected chi connectivity index (χ2v) is 10.6. The third-order valence-electron chi connectivity index (χ3n) is 5.61. The van der Waals surface area contributed by atoms with E-state index in [1.54, 1.807) is 17.6 Å². The molecule has 3 rings (SSSR count). The van der Waals surface area contributed by atoms with Gasteiger partial charge in [0.05, 0.1) is 5.71 Å². The van der Waals surface area contributed by atoms with Crippen molar-refractivity contribution in [2.45, 2.75) is 50.7 Å². The molecule has 0 fully saturated rings. The fraction of sp³-hybridized carbons (Fsp3) is 0.429. The van der Waals surface area contributed by atoms with Crippen molar-refractivity contribution in [1.82, 2.24) is 10.5 Å². The molecule has 0 bridgehead atoms. The van der Waals surface area contributed by atoms with Gasteiger partial charge in [-0.3, -0.25) is 4.98 Å². The molecule has 10 heteroatoms. The van der Waals surface area contributed by atoms with E-state index >= 15 is 0 Å². The minimum atomic E-state index is -3.76. The highest BCUT2D eigenvalue weighted by molar-refractivity contribution is 7.92. The number of benzene rings is 1. The zero-order chi connectivity index (χ0) is 23.0. The van der Waals surface area contributed by atoms with Crippen LogP contribution in [0.1, 0.15) is 36.7 Å². The van der Waals surface area contributed by atoms with Gasteiger partial charge in [0, 0.05) is 41.6 Å². The number of aliphatic hydroxyl groups is 1. The Kier molecular flexibility index (Phi) is 6.47. The topological polar surface area (TPSA) is 121 Å². The van der Waals surface area contributed by atoms with Gasteiger partial charge in [-0.15, -0.1) is 0 Å². The molecule has 0 saturated carbocycles. The summed E-state index contributed by atoms with van der Waals surface area (Å²) in [6, 6.07) is 8.38. The number of aliphatic hydroxyl groups excluding tert-OH is 1. The number of nitrogens with zero attached hydrogens (tertiary/aromatic N) is 2. The lowest BCUT2D eigenvalue weighted by atomic mass is 9.95. The van der Waals surface area contributed by atoms with Crippen molar-refractivity contribution in [2.75, 3.05) is 6.26 Å². The fourth-order valence-corrected chi connectivity index (χ4v) is 4.63. The number of sulfone groups is 1. The smallest absolute Gasteiger partial charge is 0.156 e. The van der Waals surface area contributed by atoms with Crippen LogP contribution in [0.15, 0.2) is 35.5 Å². The molecule has 2 heterocycles. The molecule has 1 aromatic carbocycles. The van der Waals surface area contributed by atoms with E-state index in [0.717, 1.165) is 23.2 Å². The van der Waals surface area contributed by atoms with Crippen LogP contribution in [0.4, 0.5) is 4.39 Å². The highest BCUT2D eigenvalue weighted by Crippen LogP contribution is 2.32. The normalized spacial score (nSPS) is 19.5. The van der Waals surface area contributed by atoms with Crippen LogP contribution in [-0.4, -0.2) is 52.8 Å². The number of halogens is 1. The molecule has 0 saturated heterocycles. The maximum absolute atomic E-state index is 14.9. The Morgan fingerprint density at radius 1 is 1.26 bits per heavy atom. The van der Waals surface area contributed by atoms with Crippen LogP contribution in [-0.2, 0) is 14.7 Å². The van der Waals surface area contributed by atoms with Gasteiger partial charge in [-0.1, -0.05) is 17.3 Å². The number of rotatable bonds is 7. The molecule has 1 aliphatic rings. The SMILES string of the molecule is Cc1cc(-c2ccc(C3=NO[C@@H](CC(C)(C(O)NO)S(C)(=O)=O)C3)cc2F)cc(C)n1. The fourth-order valence-electron chi connectivity index (χ4n) is 3.68. The van der Waals surface area contributed by atoms with Gasteiger partial charge in [-0.25, -0.2) is 12.8 Å². The number of pyridine rings is 1. The molecule has 0 spiro atoms. The molecule has 1 aliphatic heterocycles. The molecule has 0 aliphatic carbocycles. The number of oxime groups is 1. The van der Waals surface area contributed by atoms with Gasteiger partial charge in [0.1, 0.15) is 22.9 Å². The summed E-state index contributed by atoms with van der Waals surface area (Å²) >= 11 is 0. The maximum Gasteiger partial charge on any atom is 0.156 e. The van der Waals surface area contributed by atoms with Crippen molar-refractivity contribution < 1.29 is 28.0 Å². The minimum absolute atomic E-state index is 0.121. The van der Waals surface area contributed by atoms with Crippen molar-refractivity contribution in [3.63, 3.8) is 0 Å². The molecular weight excluding hydrogens is 425 g/mol. The average molecular weight is 452 g/mol. The number of hydroxylamine groups is 1. The first kappa shape index (κ1) is 23.3. The summed E-state index contributed by atoms with van der Waals surface area (Å²) in [6.07, 6.45) is -1.29. The lowest BCUT2D eigenvalue weighted by molar-refractivity contribution is -0.0355. The van der Waals surface area contributed by atoms with E-state index in [-0.39, 0.29) is 12.8 Å². The Balaban J connectivity index is 1.79. The van der Waals surface area contributed by atoms with E-state index < -0.39 is 32.7 Å². The highest BCUT2D eigenvalue weighted by Gasteiger charge is 2.46. The Morgan fingerprint density at radius 2 is 1.90 bits per heavy atom. The highest BCUT2D eigenvalue weighted by atomic mass is 32.2. The van der Waals surface area contributed by atoms with Crippen molar-refractivity contribution in [2.24, 2.45) is 5.16 Å². The van der Waals surface area contributed by atoms with Gasteiger partial charge in [0.25, 0.3) is 0 Å². The summed E-state index contributed by atoms with van der Waals surface area (Å²) < 4.78 is 37.6. The monoisotopic (exact) mass is 451 g/mol. The molecule has 0 radical (unpaired) electrons. The molecule has 1 aromatic heterocycles. The van der Waals surface area contributed by atoms with Crippen LogP contribution in [0.2, 0.25) is 0 Å². The Hall–Kier alpha value is -2.40. The van der Waals surface area contributed by atoms with E-state index in [0.29, 0.717) is 16.8 Å². The van der Waals surface area contributed by atoms with Crippen molar-refractivity contribution >= 4 is 15.5 Å². The molecular formula is C21H26FN3O5S. The number of aryl methyl sites for hydroxylation is 2. The molecule has 3 N–H and O–H groups in total. The summed E-state index contributed by atoms with van der Waals surface area (Å²) in [5.41, 5.74) is 5.35. The number of hydrogen-bond acceptors (Lipinski definition) is 8. The summed E-state index contributed by atoms with van der Waals surface area (Å²) in [5, 5.41) is 23.0. The summed E-state index contributed by atoms with van der Waals surface area (Å²) in [4.78, 5) is 9.67. The first-order valence-electron chi connectivity index (χ1n) is 9.70. The number of hydrogen-bond donors (Lipinski definition) is 3. The van der Waals surface area contributed by atoms with E-state index in [1.807, 2.05) is 26.0 Å². The first-order valence-corrected chi connectivity index (χ1v) is 11.6. The van der Waals surface area contributed by atoms with E-state index in [4.69, 9.17) is 10.0 Å². The van der Waals surface area contributed by atoms with Crippen LogP contribution < -0.4 is 5.48 Å². The number of nitrogens with one attached hydrogen (secondary N) is 1. The van der Waals surface area contributed by atoms with Crippen LogP contribution in [0.5, 0.6) is 0 Å². The predicted octanol–water partition coefficient (Wildman–Crippen LogP) is 2.49. The van der Waals surface area contributed by atoms with Gasteiger partial charge in [0.15, 0.2) is 9.84 Å². The van der Waals surface area contributed by atoms with Crippen molar-refractivity contribution in [3.8, 4) is 11.1 Å². The van der Waals surface area contributed by atoms with Crippen molar-refractivity contribution in [1.29, 1.82) is 0 Å². The summed E-state index contributed by atoms with van der Waals surface area (Å²) in [6.45, 7) is 5.01. The third-order valence-corrected chi connectivity index (χ3v) is 7.69. The van der Waals surface area contributed by atoms with Gasteiger partial charge in [0.2, 0.25) is 0 Å². The van der Waals surface area contributed by atoms with Crippen LogP contribution in [0.3, 0.4) is 0 Å². The van der Waals surface area contributed by atoms with Gasteiger partial charge in [-0.2, -0.15) is 5.48 Å². The van der Waals surface area contributed by atoms with E-state index in [9.17, 15) is 17.9 Å². The largest absolute Gasteiger partial charge is 0.392 e. The van der Waals surface area contributed by atoms with Crippen molar-refractivity contribution in [3.05, 3.63) is 53.1 Å². The number of aromatic nitrogens is 1. The molecule has 31 heavy (non-hydrogen) atoms. The lowest BCUT2D eigenvalue weighted by Gasteiger charge is -2.32. The maximum atomic E-state index is 14.9. The summed E-state index contributed by atoms with van der Waals surface area (Å²) in [7, 11) is -3.76. The van der Waals surface area contributed by atoms with Crippen LogP contribution >= 0.6 is 0 Å². The molecule has 0 amide bonds. The third kappa shape index (κ3) is 4.77. The molecule has 2 aromatic rings. The Labute approximate surface area is 180 Å². The van der Waals surface area contributed by atoms with E-state index in [1.165, 1.54) is 13.0 Å². The predicted molar refractivity (Wildman–Crippen MR) is 114 cm³/mol. The lowest BCUT2D eigenvalue weighted by Crippen LogP contribution is -2.54. The summed E-state index contributed by atoms with van der Waals surface area (Å²) in [5.74, 6) is -0.422. The Morgan fingerprint density at radius 3 is 2.45 bits per heavy atom. The molecule has 168 valence electrons. The Bertz CT molecular complexity index is 1100. The quantitative estimate of drug-likeness (QED) is 0.437.